The van der Waals surface area contributed by atoms with Crippen LogP contribution in [0.15, 0.2) is 18.2 Å². The molecule has 1 aliphatic rings. The Bertz CT molecular complexity index is 387. The maximum Gasteiger partial charge on any atom is 0.0591 e. The molecular weight excluding hydrogens is 257 g/mol. The minimum Gasteiger partial charge on any atom is -0.380 e. The first-order chi connectivity index (χ1) is 8.09. The molecule has 2 rings (SSSR count). The van der Waals surface area contributed by atoms with E-state index < -0.39 is 0 Å². The fourth-order valence-electron chi connectivity index (χ4n) is 2.14. The zero-order chi connectivity index (χ0) is 12.3. The van der Waals surface area contributed by atoms with Gasteiger partial charge in [-0.3, -0.25) is 0 Å². The van der Waals surface area contributed by atoms with Gasteiger partial charge in [-0.1, -0.05) is 36.2 Å². The summed E-state index contributed by atoms with van der Waals surface area (Å²) in [7, 11) is 0. The van der Waals surface area contributed by atoms with E-state index >= 15 is 0 Å². The van der Waals surface area contributed by atoms with Gasteiger partial charge in [0.05, 0.1) is 13.2 Å². The lowest BCUT2D eigenvalue weighted by Gasteiger charge is -2.27. The van der Waals surface area contributed by atoms with E-state index in [4.69, 9.17) is 27.9 Å². The maximum atomic E-state index is 6.21. The Kier molecular flexibility index (Phi) is 4.31. The van der Waals surface area contributed by atoms with Gasteiger partial charge >= 0.3 is 0 Å². The topological polar surface area (TPSA) is 21.3 Å². The Morgan fingerprint density at radius 2 is 2.24 bits per heavy atom. The van der Waals surface area contributed by atoms with Crippen LogP contribution >= 0.6 is 23.2 Å². The van der Waals surface area contributed by atoms with Crippen molar-refractivity contribution in [2.24, 2.45) is 5.41 Å². The van der Waals surface area contributed by atoms with Gasteiger partial charge in [0.1, 0.15) is 0 Å². The molecule has 17 heavy (non-hydrogen) atoms. The number of rotatable bonds is 2. The molecule has 1 aromatic carbocycles. The summed E-state index contributed by atoms with van der Waals surface area (Å²) in [4.78, 5) is 0. The summed E-state index contributed by atoms with van der Waals surface area (Å²) in [6.45, 7) is 5.63. The van der Waals surface area contributed by atoms with E-state index in [9.17, 15) is 0 Å². The molecule has 0 spiro atoms. The molecule has 94 valence electrons. The molecule has 0 aliphatic carbocycles. The van der Waals surface area contributed by atoms with Crippen LogP contribution in [-0.4, -0.2) is 26.3 Å². The SMILES string of the molecule is CC1(Cc2ccc(Cl)cc2Cl)CNCCOC1. The van der Waals surface area contributed by atoms with Crippen molar-refractivity contribution < 1.29 is 4.74 Å². The van der Waals surface area contributed by atoms with Crippen molar-refractivity contribution in [1.29, 1.82) is 0 Å². The summed E-state index contributed by atoms with van der Waals surface area (Å²) < 4.78 is 5.61. The Hall–Kier alpha value is -0.280. The normalized spacial score (nSPS) is 25.6. The van der Waals surface area contributed by atoms with Crippen molar-refractivity contribution >= 4 is 23.2 Å². The van der Waals surface area contributed by atoms with Crippen LogP contribution < -0.4 is 5.32 Å². The molecule has 0 saturated carbocycles. The van der Waals surface area contributed by atoms with E-state index in [0.717, 1.165) is 43.3 Å². The van der Waals surface area contributed by atoms with Crippen molar-refractivity contribution in [3.63, 3.8) is 0 Å². The molecular formula is C13H17Cl2NO. The first kappa shape index (κ1) is 13.2. The quantitative estimate of drug-likeness (QED) is 0.894. The first-order valence-electron chi connectivity index (χ1n) is 5.81. The Balaban J connectivity index is 2.12. The number of halogens is 2. The van der Waals surface area contributed by atoms with Gasteiger partial charge in [-0.2, -0.15) is 0 Å². The third-order valence-electron chi connectivity index (χ3n) is 3.06. The van der Waals surface area contributed by atoms with Crippen LogP contribution in [0.4, 0.5) is 0 Å². The Morgan fingerprint density at radius 1 is 1.41 bits per heavy atom. The minimum atomic E-state index is 0.0912. The lowest BCUT2D eigenvalue weighted by Crippen LogP contribution is -2.34. The molecule has 0 aromatic heterocycles. The van der Waals surface area contributed by atoms with Gasteiger partial charge in [-0.05, 0) is 24.1 Å². The molecule has 1 N–H and O–H groups in total. The van der Waals surface area contributed by atoms with Crippen LogP contribution in [0.2, 0.25) is 10.0 Å². The summed E-state index contributed by atoms with van der Waals surface area (Å²) in [5, 5.41) is 4.81. The van der Waals surface area contributed by atoms with Gasteiger partial charge < -0.3 is 10.1 Å². The van der Waals surface area contributed by atoms with Gasteiger partial charge in [-0.15, -0.1) is 0 Å². The van der Waals surface area contributed by atoms with E-state index in [1.807, 2.05) is 12.1 Å². The van der Waals surface area contributed by atoms with Gasteiger partial charge in [0.25, 0.3) is 0 Å². The predicted molar refractivity (Wildman–Crippen MR) is 72.0 cm³/mol. The molecule has 1 unspecified atom stereocenters. The lowest BCUT2D eigenvalue weighted by molar-refractivity contribution is 0.0796. The second-order valence-corrected chi connectivity index (χ2v) is 5.80. The van der Waals surface area contributed by atoms with Gasteiger partial charge in [0, 0.05) is 28.5 Å². The highest BCUT2D eigenvalue weighted by Crippen LogP contribution is 2.29. The van der Waals surface area contributed by atoms with Crippen molar-refractivity contribution in [3.05, 3.63) is 33.8 Å². The zero-order valence-corrected chi connectivity index (χ0v) is 11.4. The largest absolute Gasteiger partial charge is 0.380 e. The summed E-state index contributed by atoms with van der Waals surface area (Å²) in [6.07, 6.45) is 0.899. The molecule has 1 atom stereocenters. The second-order valence-electron chi connectivity index (χ2n) is 4.95. The lowest BCUT2D eigenvalue weighted by atomic mass is 9.84. The highest BCUT2D eigenvalue weighted by atomic mass is 35.5. The molecule has 1 saturated heterocycles. The molecule has 1 aromatic rings. The number of hydrogen-bond acceptors (Lipinski definition) is 2. The molecule has 0 bridgehead atoms. The van der Waals surface area contributed by atoms with E-state index in [-0.39, 0.29) is 5.41 Å². The highest BCUT2D eigenvalue weighted by Gasteiger charge is 2.27. The standard InChI is InChI=1S/C13H17Cl2NO/c1-13(8-16-4-5-17-9-13)7-10-2-3-11(14)6-12(10)15/h2-3,6,16H,4-5,7-9H2,1H3. The fraction of sp³-hybridized carbons (Fsp3) is 0.538. The minimum absolute atomic E-state index is 0.0912. The zero-order valence-electron chi connectivity index (χ0n) is 9.93. The summed E-state index contributed by atoms with van der Waals surface area (Å²) in [5.74, 6) is 0. The molecule has 4 heteroatoms. The van der Waals surface area contributed by atoms with Crippen molar-refractivity contribution in [2.75, 3.05) is 26.3 Å². The van der Waals surface area contributed by atoms with Gasteiger partial charge in [0.2, 0.25) is 0 Å². The number of benzene rings is 1. The number of ether oxygens (including phenoxy) is 1. The predicted octanol–water partition coefficient (Wildman–Crippen LogP) is 3.16. The van der Waals surface area contributed by atoms with Crippen molar-refractivity contribution in [1.82, 2.24) is 5.32 Å². The van der Waals surface area contributed by atoms with Crippen molar-refractivity contribution in [2.45, 2.75) is 13.3 Å². The monoisotopic (exact) mass is 273 g/mol. The van der Waals surface area contributed by atoms with Crippen molar-refractivity contribution in [3.8, 4) is 0 Å². The molecule has 1 heterocycles. The Labute approximate surface area is 112 Å². The van der Waals surface area contributed by atoms with E-state index in [0.29, 0.717) is 5.02 Å². The summed E-state index contributed by atoms with van der Waals surface area (Å²) in [6, 6.07) is 5.69. The van der Waals surface area contributed by atoms with Crippen LogP contribution in [0.5, 0.6) is 0 Å². The maximum absolute atomic E-state index is 6.21. The average molecular weight is 274 g/mol. The smallest absolute Gasteiger partial charge is 0.0591 e. The van der Waals surface area contributed by atoms with Crippen LogP contribution in [0, 0.1) is 5.41 Å². The van der Waals surface area contributed by atoms with E-state index in [1.54, 1.807) is 6.07 Å². The summed E-state index contributed by atoms with van der Waals surface area (Å²) in [5.41, 5.74) is 1.22. The van der Waals surface area contributed by atoms with Crippen LogP contribution in [0.25, 0.3) is 0 Å². The first-order valence-corrected chi connectivity index (χ1v) is 6.57. The Morgan fingerprint density at radius 3 is 3.00 bits per heavy atom. The molecule has 1 aliphatic heterocycles. The van der Waals surface area contributed by atoms with Crippen LogP contribution in [-0.2, 0) is 11.2 Å². The van der Waals surface area contributed by atoms with Crippen LogP contribution in [0.1, 0.15) is 12.5 Å². The average Bonchev–Trinajstić information content (AvgIpc) is 2.48. The number of hydrogen-bond donors (Lipinski definition) is 1. The molecule has 0 amide bonds. The van der Waals surface area contributed by atoms with Gasteiger partial charge in [-0.25, -0.2) is 0 Å². The van der Waals surface area contributed by atoms with Crippen LogP contribution in [0.3, 0.4) is 0 Å². The third kappa shape index (κ3) is 3.59. The van der Waals surface area contributed by atoms with Gasteiger partial charge in [0.15, 0.2) is 0 Å². The fourth-order valence-corrected chi connectivity index (χ4v) is 2.62. The molecule has 2 nitrogen and oxygen atoms in total. The van der Waals surface area contributed by atoms with E-state index in [1.165, 1.54) is 0 Å². The second kappa shape index (κ2) is 5.57. The summed E-state index contributed by atoms with van der Waals surface area (Å²) >= 11 is 12.1. The third-order valence-corrected chi connectivity index (χ3v) is 3.64. The van der Waals surface area contributed by atoms with E-state index in [2.05, 4.69) is 12.2 Å². The molecule has 0 radical (unpaired) electrons. The highest BCUT2D eigenvalue weighted by molar-refractivity contribution is 6.35. The molecule has 1 fully saturated rings. The number of nitrogens with one attached hydrogen (secondary N) is 1.